The summed E-state index contributed by atoms with van der Waals surface area (Å²) in [6, 6.07) is 2.69. The number of amides is 1. The number of benzene rings is 1. The third-order valence-electron chi connectivity index (χ3n) is 2.62. The number of ether oxygens (including phenoxy) is 1. The molecule has 0 aromatic heterocycles. The number of carbonyl (C=O) groups is 1. The van der Waals surface area contributed by atoms with E-state index in [2.05, 4.69) is 15.9 Å². The molecule has 1 aromatic carbocycles. The van der Waals surface area contributed by atoms with Gasteiger partial charge in [0.1, 0.15) is 11.6 Å². The first-order valence-corrected chi connectivity index (χ1v) is 5.75. The fraction of sp³-hybridized carbons (Fsp3) is 0.364. The Labute approximate surface area is 101 Å². The minimum absolute atomic E-state index is 0.0692. The minimum Gasteiger partial charge on any atom is -0.496 e. The average Bonchev–Trinajstić information content (AvgIpc) is 2.15. The van der Waals surface area contributed by atoms with Gasteiger partial charge in [0, 0.05) is 13.1 Å². The second-order valence-corrected chi connectivity index (χ2v) is 4.47. The van der Waals surface area contributed by atoms with E-state index in [1.165, 1.54) is 19.2 Å². The molecule has 16 heavy (non-hydrogen) atoms. The summed E-state index contributed by atoms with van der Waals surface area (Å²) in [5.41, 5.74) is 0.0692. The molecule has 1 heterocycles. The van der Waals surface area contributed by atoms with E-state index in [1.807, 2.05) is 0 Å². The zero-order valence-electron chi connectivity index (χ0n) is 8.80. The molecule has 86 valence electrons. The van der Waals surface area contributed by atoms with Gasteiger partial charge in [-0.25, -0.2) is 4.39 Å². The van der Waals surface area contributed by atoms with E-state index in [0.29, 0.717) is 23.3 Å². The molecule has 0 N–H and O–H groups in total. The Hall–Kier alpha value is -1.10. The van der Waals surface area contributed by atoms with Crippen molar-refractivity contribution in [1.82, 2.24) is 4.90 Å². The van der Waals surface area contributed by atoms with Crippen molar-refractivity contribution in [1.29, 1.82) is 0 Å². The molecule has 0 saturated carbocycles. The van der Waals surface area contributed by atoms with Gasteiger partial charge in [-0.3, -0.25) is 4.79 Å². The highest BCUT2D eigenvalue weighted by Crippen LogP contribution is 2.29. The molecule has 0 radical (unpaired) electrons. The molecule has 0 unspecified atom stereocenters. The summed E-state index contributed by atoms with van der Waals surface area (Å²) in [4.78, 5) is 13.5. The Bertz CT molecular complexity index is 432. The summed E-state index contributed by atoms with van der Waals surface area (Å²) in [6.07, 6.45) is 0.987. The van der Waals surface area contributed by atoms with Crippen LogP contribution in [0.5, 0.6) is 5.75 Å². The van der Waals surface area contributed by atoms with E-state index in [1.54, 1.807) is 4.90 Å². The molecule has 0 atom stereocenters. The van der Waals surface area contributed by atoms with E-state index < -0.39 is 5.82 Å². The summed E-state index contributed by atoms with van der Waals surface area (Å²) >= 11 is 3.17. The topological polar surface area (TPSA) is 29.5 Å². The van der Waals surface area contributed by atoms with Crippen molar-refractivity contribution in [3.05, 3.63) is 28.0 Å². The molecule has 1 amide bonds. The van der Waals surface area contributed by atoms with Crippen molar-refractivity contribution in [2.24, 2.45) is 0 Å². The fourth-order valence-corrected chi connectivity index (χ4v) is 2.02. The lowest BCUT2D eigenvalue weighted by Gasteiger charge is -2.31. The average molecular weight is 288 g/mol. The maximum absolute atomic E-state index is 13.6. The second-order valence-electron chi connectivity index (χ2n) is 3.61. The van der Waals surface area contributed by atoms with Gasteiger partial charge in [0.25, 0.3) is 5.91 Å². The first-order chi connectivity index (χ1) is 7.63. The maximum atomic E-state index is 13.6. The van der Waals surface area contributed by atoms with Gasteiger partial charge < -0.3 is 9.64 Å². The Morgan fingerprint density at radius 1 is 1.50 bits per heavy atom. The van der Waals surface area contributed by atoms with Gasteiger partial charge in [0.15, 0.2) is 0 Å². The molecular formula is C11H11BrFNO2. The number of methoxy groups -OCH3 is 1. The van der Waals surface area contributed by atoms with Gasteiger partial charge in [-0.05, 0) is 34.5 Å². The Morgan fingerprint density at radius 2 is 2.19 bits per heavy atom. The lowest BCUT2D eigenvalue weighted by Crippen LogP contribution is -2.42. The predicted molar refractivity (Wildman–Crippen MR) is 61.2 cm³/mol. The van der Waals surface area contributed by atoms with Gasteiger partial charge in [0.2, 0.25) is 0 Å². The smallest absolute Gasteiger partial charge is 0.256 e. The lowest BCUT2D eigenvalue weighted by molar-refractivity contribution is 0.0646. The number of halogens is 2. The van der Waals surface area contributed by atoms with Crippen LogP contribution >= 0.6 is 15.9 Å². The van der Waals surface area contributed by atoms with Crippen LogP contribution in [0.25, 0.3) is 0 Å². The number of rotatable bonds is 2. The van der Waals surface area contributed by atoms with Crippen LogP contribution in [0.1, 0.15) is 16.8 Å². The van der Waals surface area contributed by atoms with Crippen molar-refractivity contribution in [2.45, 2.75) is 6.42 Å². The third-order valence-corrected chi connectivity index (χ3v) is 3.23. The van der Waals surface area contributed by atoms with Crippen LogP contribution in [-0.2, 0) is 0 Å². The molecule has 1 fully saturated rings. The van der Waals surface area contributed by atoms with Crippen LogP contribution < -0.4 is 4.74 Å². The molecule has 1 saturated heterocycles. The highest BCUT2D eigenvalue weighted by atomic mass is 79.9. The second kappa shape index (κ2) is 4.41. The molecule has 5 heteroatoms. The van der Waals surface area contributed by atoms with Crippen LogP contribution in [0.4, 0.5) is 4.39 Å². The van der Waals surface area contributed by atoms with Gasteiger partial charge in [0.05, 0.1) is 17.1 Å². The van der Waals surface area contributed by atoms with Gasteiger partial charge in [-0.1, -0.05) is 0 Å². The molecule has 0 aliphatic carbocycles. The largest absolute Gasteiger partial charge is 0.496 e. The number of nitrogens with zero attached hydrogens (tertiary/aromatic N) is 1. The molecule has 0 bridgehead atoms. The van der Waals surface area contributed by atoms with E-state index in [0.717, 1.165) is 6.42 Å². The monoisotopic (exact) mass is 287 g/mol. The molecule has 0 spiro atoms. The van der Waals surface area contributed by atoms with Gasteiger partial charge >= 0.3 is 0 Å². The lowest BCUT2D eigenvalue weighted by atomic mass is 10.1. The van der Waals surface area contributed by atoms with Crippen LogP contribution in [0, 0.1) is 5.82 Å². The first-order valence-electron chi connectivity index (χ1n) is 4.96. The van der Waals surface area contributed by atoms with Crippen molar-refractivity contribution in [3.8, 4) is 5.75 Å². The standard InChI is InChI=1S/C11H11BrFNO2/c1-16-10-5-7(9(13)6-8(10)12)11(15)14-3-2-4-14/h5-6H,2-4H2,1H3. The molecular weight excluding hydrogens is 277 g/mol. The highest BCUT2D eigenvalue weighted by molar-refractivity contribution is 9.10. The van der Waals surface area contributed by atoms with Crippen molar-refractivity contribution < 1.29 is 13.9 Å². The highest BCUT2D eigenvalue weighted by Gasteiger charge is 2.25. The van der Waals surface area contributed by atoms with Crippen LogP contribution in [0.15, 0.2) is 16.6 Å². The summed E-state index contributed by atoms with van der Waals surface area (Å²) in [7, 11) is 1.48. The van der Waals surface area contributed by atoms with Gasteiger partial charge in [-0.15, -0.1) is 0 Å². The van der Waals surface area contributed by atoms with E-state index in [-0.39, 0.29) is 11.5 Å². The van der Waals surface area contributed by atoms with E-state index in [9.17, 15) is 9.18 Å². The van der Waals surface area contributed by atoms with Crippen molar-refractivity contribution in [3.63, 3.8) is 0 Å². The van der Waals surface area contributed by atoms with Crippen LogP contribution in [0.3, 0.4) is 0 Å². The summed E-state index contributed by atoms with van der Waals surface area (Å²) in [6.45, 7) is 1.41. The van der Waals surface area contributed by atoms with Crippen LogP contribution in [0.2, 0.25) is 0 Å². The normalized spacial score (nSPS) is 14.6. The number of likely N-dealkylation sites (tertiary alicyclic amines) is 1. The van der Waals surface area contributed by atoms with Crippen molar-refractivity contribution in [2.75, 3.05) is 20.2 Å². The third kappa shape index (κ3) is 1.91. The number of carbonyl (C=O) groups excluding carboxylic acids is 1. The predicted octanol–water partition coefficient (Wildman–Crippen LogP) is 2.44. The minimum atomic E-state index is -0.524. The Kier molecular flexibility index (Phi) is 3.14. The fourth-order valence-electron chi connectivity index (χ4n) is 1.54. The van der Waals surface area contributed by atoms with E-state index >= 15 is 0 Å². The molecule has 1 aliphatic heterocycles. The first kappa shape index (κ1) is 11.4. The molecule has 1 aliphatic rings. The zero-order valence-corrected chi connectivity index (χ0v) is 10.4. The van der Waals surface area contributed by atoms with E-state index in [4.69, 9.17) is 4.74 Å². The van der Waals surface area contributed by atoms with Crippen molar-refractivity contribution >= 4 is 21.8 Å². The van der Waals surface area contributed by atoms with Gasteiger partial charge in [-0.2, -0.15) is 0 Å². The molecule has 2 rings (SSSR count). The number of hydrogen-bond donors (Lipinski definition) is 0. The Balaban J connectivity index is 2.35. The zero-order chi connectivity index (χ0) is 11.7. The summed E-state index contributed by atoms with van der Waals surface area (Å²) < 4.78 is 19.1. The molecule has 1 aromatic rings. The Morgan fingerprint density at radius 3 is 2.69 bits per heavy atom. The molecule has 3 nitrogen and oxygen atoms in total. The maximum Gasteiger partial charge on any atom is 0.256 e. The summed E-state index contributed by atoms with van der Waals surface area (Å²) in [5.74, 6) is -0.329. The quantitative estimate of drug-likeness (QED) is 0.836. The van der Waals surface area contributed by atoms with Crippen LogP contribution in [-0.4, -0.2) is 31.0 Å². The number of hydrogen-bond acceptors (Lipinski definition) is 2. The summed E-state index contributed by atoms with van der Waals surface area (Å²) in [5, 5.41) is 0. The SMILES string of the molecule is COc1cc(C(=O)N2CCC2)c(F)cc1Br.